The molecule has 0 bridgehead atoms. The van der Waals surface area contributed by atoms with Gasteiger partial charge in [-0.3, -0.25) is 0 Å². The molecule has 1 heterocycles. The molecule has 1 rings (SSSR count). The second kappa shape index (κ2) is 5.70. The summed E-state index contributed by atoms with van der Waals surface area (Å²) in [5.74, 6) is 2.20. The third-order valence-corrected chi connectivity index (χ3v) is 2.36. The first-order valence-electron chi connectivity index (χ1n) is 6.02. The Hall–Kier alpha value is -1.52. The smallest absolute Gasteiger partial charge is 0.157 e. The van der Waals surface area contributed by atoms with Crippen molar-refractivity contribution in [2.75, 3.05) is 29.5 Å². The number of hydrogen-bond acceptors (Lipinski definition) is 5. The van der Waals surface area contributed by atoms with Crippen molar-refractivity contribution < 1.29 is 0 Å². The fourth-order valence-corrected chi connectivity index (χ4v) is 1.78. The van der Waals surface area contributed by atoms with E-state index >= 15 is 0 Å². The van der Waals surface area contributed by atoms with E-state index in [9.17, 15) is 0 Å². The summed E-state index contributed by atoms with van der Waals surface area (Å²) in [5.41, 5.74) is 12.1. The predicted octanol–water partition coefficient (Wildman–Crippen LogP) is 1.76. The van der Waals surface area contributed by atoms with E-state index in [2.05, 4.69) is 42.6 Å². The van der Waals surface area contributed by atoms with E-state index in [1.54, 1.807) is 0 Å². The van der Waals surface area contributed by atoms with Gasteiger partial charge in [-0.25, -0.2) is 9.97 Å². The monoisotopic (exact) mass is 237 g/mol. The minimum absolute atomic E-state index is 0.354. The Morgan fingerprint density at radius 2 is 1.59 bits per heavy atom. The molecule has 0 radical (unpaired) electrons. The van der Waals surface area contributed by atoms with Gasteiger partial charge in [0.05, 0.1) is 0 Å². The highest BCUT2D eigenvalue weighted by Gasteiger charge is 2.16. The fourth-order valence-electron chi connectivity index (χ4n) is 1.78. The molecule has 0 unspecified atom stereocenters. The zero-order chi connectivity index (χ0) is 13.0. The zero-order valence-electron chi connectivity index (χ0n) is 11.1. The number of rotatable bonds is 5. The molecule has 5 heteroatoms. The first kappa shape index (κ1) is 13.5. The molecule has 96 valence electrons. The number of hydrogen-bond donors (Lipinski definition) is 2. The molecule has 0 amide bonds. The molecule has 0 aromatic carbocycles. The molecule has 0 spiro atoms. The standard InChI is InChI=1S/C12H23N5/c1-8(2)5-17(6-9(3)4)12-10(13)11(14)15-7-16-12/h7-9H,5-6,13H2,1-4H3,(H2,14,15,16). The van der Waals surface area contributed by atoms with Crippen LogP contribution in [0.2, 0.25) is 0 Å². The third kappa shape index (κ3) is 3.76. The largest absolute Gasteiger partial charge is 0.393 e. The minimum Gasteiger partial charge on any atom is -0.393 e. The van der Waals surface area contributed by atoms with E-state index < -0.39 is 0 Å². The predicted molar refractivity (Wildman–Crippen MR) is 72.7 cm³/mol. The van der Waals surface area contributed by atoms with Crippen LogP contribution < -0.4 is 16.4 Å². The molecule has 4 N–H and O–H groups in total. The van der Waals surface area contributed by atoms with Gasteiger partial charge in [0.1, 0.15) is 12.0 Å². The van der Waals surface area contributed by atoms with Crippen molar-refractivity contribution in [3.63, 3.8) is 0 Å². The number of anilines is 3. The zero-order valence-corrected chi connectivity index (χ0v) is 11.1. The summed E-state index contributed by atoms with van der Waals surface area (Å²) in [6.45, 7) is 10.5. The van der Waals surface area contributed by atoms with E-state index in [0.29, 0.717) is 23.3 Å². The Morgan fingerprint density at radius 1 is 1.06 bits per heavy atom. The summed E-state index contributed by atoms with van der Waals surface area (Å²) >= 11 is 0. The van der Waals surface area contributed by atoms with E-state index in [1.165, 1.54) is 6.33 Å². The Labute approximate surface area is 103 Å². The molecular formula is C12H23N5. The Balaban J connectivity index is 2.99. The molecule has 1 aromatic heterocycles. The number of nitrogens with zero attached hydrogens (tertiary/aromatic N) is 3. The van der Waals surface area contributed by atoms with Crippen LogP contribution in [0.15, 0.2) is 6.33 Å². The summed E-state index contributed by atoms with van der Waals surface area (Å²) in [7, 11) is 0. The number of nitrogens with two attached hydrogens (primary N) is 2. The summed E-state index contributed by atoms with van der Waals surface area (Å²) in [6, 6.07) is 0. The summed E-state index contributed by atoms with van der Waals surface area (Å²) < 4.78 is 0. The van der Waals surface area contributed by atoms with Gasteiger partial charge in [-0.2, -0.15) is 0 Å². The molecule has 0 saturated heterocycles. The second-order valence-electron chi connectivity index (χ2n) is 5.19. The van der Waals surface area contributed by atoms with Crippen molar-refractivity contribution in [2.45, 2.75) is 27.7 Å². The molecule has 1 aromatic rings. The van der Waals surface area contributed by atoms with Crippen LogP contribution in [0.5, 0.6) is 0 Å². The first-order valence-corrected chi connectivity index (χ1v) is 6.02. The van der Waals surface area contributed by atoms with E-state index in [-0.39, 0.29) is 0 Å². The van der Waals surface area contributed by atoms with Gasteiger partial charge >= 0.3 is 0 Å². The summed E-state index contributed by atoms with van der Waals surface area (Å²) in [5, 5.41) is 0. The maximum atomic E-state index is 5.94. The first-order chi connectivity index (χ1) is 7.91. The van der Waals surface area contributed by atoms with Gasteiger partial charge in [-0.1, -0.05) is 27.7 Å². The van der Waals surface area contributed by atoms with Crippen LogP contribution in [-0.2, 0) is 0 Å². The Bertz CT molecular complexity index is 352. The Kier molecular flexibility index (Phi) is 4.54. The summed E-state index contributed by atoms with van der Waals surface area (Å²) in [6.07, 6.45) is 1.47. The molecule has 0 aliphatic heterocycles. The highest BCUT2D eigenvalue weighted by atomic mass is 15.2. The van der Waals surface area contributed by atoms with E-state index in [4.69, 9.17) is 11.5 Å². The topological polar surface area (TPSA) is 81.1 Å². The van der Waals surface area contributed by atoms with Crippen LogP contribution in [0, 0.1) is 11.8 Å². The lowest BCUT2D eigenvalue weighted by molar-refractivity contribution is 0.549. The van der Waals surface area contributed by atoms with Crippen LogP contribution >= 0.6 is 0 Å². The average molecular weight is 237 g/mol. The normalized spacial score (nSPS) is 11.2. The number of aromatic nitrogens is 2. The second-order valence-corrected chi connectivity index (χ2v) is 5.19. The van der Waals surface area contributed by atoms with Gasteiger partial charge in [0.2, 0.25) is 0 Å². The quantitative estimate of drug-likeness (QED) is 0.815. The van der Waals surface area contributed by atoms with Crippen molar-refractivity contribution in [1.82, 2.24) is 9.97 Å². The maximum absolute atomic E-state index is 5.94. The van der Waals surface area contributed by atoms with Gasteiger partial charge < -0.3 is 16.4 Å². The van der Waals surface area contributed by atoms with Crippen LogP contribution in [-0.4, -0.2) is 23.1 Å². The molecule has 0 aliphatic carbocycles. The Morgan fingerprint density at radius 3 is 2.06 bits per heavy atom. The fraction of sp³-hybridized carbons (Fsp3) is 0.667. The molecule has 0 atom stereocenters. The van der Waals surface area contributed by atoms with Gasteiger partial charge in [0.25, 0.3) is 0 Å². The molecule has 0 fully saturated rings. The van der Waals surface area contributed by atoms with Crippen LogP contribution in [0.25, 0.3) is 0 Å². The van der Waals surface area contributed by atoms with E-state index in [1.807, 2.05) is 0 Å². The SMILES string of the molecule is CC(C)CN(CC(C)C)c1ncnc(N)c1N. The third-order valence-electron chi connectivity index (χ3n) is 2.36. The lowest BCUT2D eigenvalue weighted by Crippen LogP contribution is -2.33. The lowest BCUT2D eigenvalue weighted by Gasteiger charge is -2.28. The van der Waals surface area contributed by atoms with Gasteiger partial charge in [0, 0.05) is 13.1 Å². The van der Waals surface area contributed by atoms with Crippen molar-refractivity contribution >= 4 is 17.3 Å². The lowest BCUT2D eigenvalue weighted by atomic mass is 10.1. The van der Waals surface area contributed by atoms with Crippen LogP contribution in [0.3, 0.4) is 0 Å². The van der Waals surface area contributed by atoms with Crippen molar-refractivity contribution in [1.29, 1.82) is 0 Å². The molecule has 0 aliphatic rings. The van der Waals surface area contributed by atoms with Gasteiger partial charge in [-0.05, 0) is 11.8 Å². The van der Waals surface area contributed by atoms with E-state index in [0.717, 1.165) is 18.9 Å². The molecule has 5 nitrogen and oxygen atoms in total. The van der Waals surface area contributed by atoms with Crippen LogP contribution in [0.1, 0.15) is 27.7 Å². The number of nitrogen functional groups attached to an aromatic ring is 2. The summed E-state index contributed by atoms with van der Waals surface area (Å²) in [4.78, 5) is 10.3. The molecule has 0 saturated carbocycles. The van der Waals surface area contributed by atoms with Gasteiger partial charge in [0.15, 0.2) is 11.6 Å². The minimum atomic E-state index is 0.354. The van der Waals surface area contributed by atoms with Crippen molar-refractivity contribution in [3.8, 4) is 0 Å². The van der Waals surface area contributed by atoms with Crippen LogP contribution in [0.4, 0.5) is 17.3 Å². The van der Waals surface area contributed by atoms with Crippen molar-refractivity contribution in [2.24, 2.45) is 11.8 Å². The maximum Gasteiger partial charge on any atom is 0.157 e. The van der Waals surface area contributed by atoms with Crippen molar-refractivity contribution in [3.05, 3.63) is 6.33 Å². The van der Waals surface area contributed by atoms with Gasteiger partial charge in [-0.15, -0.1) is 0 Å². The highest BCUT2D eigenvalue weighted by Crippen LogP contribution is 2.25. The molecular weight excluding hydrogens is 214 g/mol. The molecule has 17 heavy (non-hydrogen) atoms. The average Bonchev–Trinajstić information content (AvgIpc) is 2.19. The highest BCUT2D eigenvalue weighted by molar-refractivity contribution is 5.73.